The van der Waals surface area contributed by atoms with Gasteiger partial charge in [0.2, 0.25) is 0 Å². The summed E-state index contributed by atoms with van der Waals surface area (Å²) in [5.74, 6) is 1.05. The van der Waals surface area contributed by atoms with E-state index in [9.17, 15) is 0 Å². The Balaban J connectivity index is 2.11. The lowest BCUT2D eigenvalue weighted by atomic mass is 9.84. The Hall–Kier alpha value is -1.67. The molecule has 1 aromatic heterocycles. The van der Waals surface area contributed by atoms with Crippen LogP contribution < -0.4 is 11.1 Å². The van der Waals surface area contributed by atoms with Crippen molar-refractivity contribution in [3.8, 4) is 6.07 Å². The number of rotatable bonds is 3. The fourth-order valence-corrected chi connectivity index (χ4v) is 2.38. The van der Waals surface area contributed by atoms with Gasteiger partial charge >= 0.3 is 0 Å². The fourth-order valence-electron chi connectivity index (χ4n) is 2.38. The molecule has 5 heteroatoms. The van der Waals surface area contributed by atoms with Crippen LogP contribution in [0.2, 0.25) is 0 Å². The van der Waals surface area contributed by atoms with Gasteiger partial charge in [0.15, 0.2) is 5.82 Å². The molecule has 3 N–H and O–H groups in total. The van der Waals surface area contributed by atoms with Crippen molar-refractivity contribution in [1.29, 1.82) is 5.26 Å². The van der Waals surface area contributed by atoms with Crippen LogP contribution in [0.1, 0.15) is 31.2 Å². The largest absolute Gasteiger partial charge is 0.364 e. The van der Waals surface area contributed by atoms with E-state index >= 15 is 0 Å². The number of hydrogen-bond donors (Lipinski definition) is 2. The summed E-state index contributed by atoms with van der Waals surface area (Å²) in [5.41, 5.74) is 6.32. The number of anilines is 1. The number of nitrogens with one attached hydrogen (secondary N) is 1. The highest BCUT2D eigenvalue weighted by molar-refractivity contribution is 5.50. The van der Waals surface area contributed by atoms with Crippen LogP contribution in [-0.4, -0.2) is 22.8 Å². The van der Waals surface area contributed by atoms with E-state index in [-0.39, 0.29) is 0 Å². The van der Waals surface area contributed by atoms with Crippen molar-refractivity contribution >= 4 is 5.82 Å². The highest BCUT2D eigenvalue weighted by Crippen LogP contribution is 2.26. The molecule has 2 atom stereocenters. The molecule has 1 fully saturated rings. The zero-order valence-electron chi connectivity index (χ0n) is 9.76. The van der Waals surface area contributed by atoms with Crippen molar-refractivity contribution in [3.63, 3.8) is 0 Å². The lowest BCUT2D eigenvalue weighted by Gasteiger charge is -2.31. The highest BCUT2D eigenvalue weighted by Gasteiger charge is 2.24. The zero-order valence-corrected chi connectivity index (χ0v) is 9.76. The van der Waals surface area contributed by atoms with Crippen molar-refractivity contribution in [2.75, 3.05) is 11.9 Å². The summed E-state index contributed by atoms with van der Waals surface area (Å²) in [4.78, 5) is 0. The average Bonchev–Trinajstić information content (AvgIpc) is 2.40. The summed E-state index contributed by atoms with van der Waals surface area (Å²) in [5, 5.41) is 20.1. The summed E-state index contributed by atoms with van der Waals surface area (Å²) in [6.45, 7) is 0.680. The Bertz CT molecular complexity index is 412. The molecule has 0 aliphatic heterocycles. The summed E-state index contributed by atoms with van der Waals surface area (Å²) < 4.78 is 0. The molecule has 0 radical (unpaired) electrons. The minimum atomic E-state index is 0.317. The van der Waals surface area contributed by atoms with Crippen LogP contribution in [0.25, 0.3) is 0 Å². The van der Waals surface area contributed by atoms with Crippen molar-refractivity contribution < 1.29 is 0 Å². The third-order valence-electron chi connectivity index (χ3n) is 3.38. The van der Waals surface area contributed by atoms with E-state index in [0.717, 1.165) is 12.8 Å². The van der Waals surface area contributed by atoms with E-state index in [2.05, 4.69) is 21.6 Å². The molecule has 1 heterocycles. The zero-order chi connectivity index (χ0) is 12.1. The lowest BCUT2D eigenvalue weighted by Crippen LogP contribution is -2.37. The molecule has 0 amide bonds. The Kier molecular flexibility index (Phi) is 3.89. The van der Waals surface area contributed by atoms with E-state index in [1.54, 1.807) is 6.07 Å². The first-order valence-electron chi connectivity index (χ1n) is 6.03. The standard InChI is InChI=1S/C12H17N5/c13-7-9-3-1-2-4-11(9)16-12-10(8-14)5-6-15-17-12/h5-6,9,11H,1-4,7,13H2,(H,16,17). The number of nitrogens with zero attached hydrogens (tertiary/aromatic N) is 3. The Labute approximate surface area is 101 Å². The number of nitrogens with two attached hydrogens (primary N) is 1. The molecular weight excluding hydrogens is 214 g/mol. The molecule has 1 aliphatic carbocycles. The molecule has 5 nitrogen and oxygen atoms in total. The predicted molar refractivity (Wildman–Crippen MR) is 65.2 cm³/mol. The van der Waals surface area contributed by atoms with Gasteiger partial charge in [-0.1, -0.05) is 12.8 Å². The lowest BCUT2D eigenvalue weighted by molar-refractivity contribution is 0.332. The van der Waals surface area contributed by atoms with Crippen LogP contribution in [0.4, 0.5) is 5.82 Å². The minimum absolute atomic E-state index is 0.317. The summed E-state index contributed by atoms with van der Waals surface area (Å²) in [7, 11) is 0. The normalized spacial score (nSPS) is 24.0. The molecular formula is C12H17N5. The van der Waals surface area contributed by atoms with Crippen LogP contribution in [0.15, 0.2) is 12.3 Å². The van der Waals surface area contributed by atoms with E-state index in [0.29, 0.717) is 29.9 Å². The van der Waals surface area contributed by atoms with Gasteiger partial charge in [-0.05, 0) is 31.4 Å². The van der Waals surface area contributed by atoms with Gasteiger partial charge in [0, 0.05) is 6.04 Å². The van der Waals surface area contributed by atoms with E-state index in [4.69, 9.17) is 11.0 Å². The van der Waals surface area contributed by atoms with Crippen molar-refractivity contribution in [3.05, 3.63) is 17.8 Å². The molecule has 0 saturated heterocycles. The second kappa shape index (κ2) is 5.60. The number of hydrogen-bond acceptors (Lipinski definition) is 5. The SMILES string of the molecule is N#Cc1ccnnc1NC1CCCCC1CN. The third kappa shape index (κ3) is 2.71. The van der Waals surface area contributed by atoms with E-state index in [1.807, 2.05) is 0 Å². The highest BCUT2D eigenvalue weighted by atomic mass is 15.2. The first-order chi connectivity index (χ1) is 8.35. The van der Waals surface area contributed by atoms with Gasteiger partial charge in [0.1, 0.15) is 6.07 Å². The summed E-state index contributed by atoms with van der Waals surface area (Å²) in [6.07, 6.45) is 6.21. The monoisotopic (exact) mass is 231 g/mol. The Morgan fingerprint density at radius 3 is 3.06 bits per heavy atom. The quantitative estimate of drug-likeness (QED) is 0.818. The van der Waals surface area contributed by atoms with Crippen LogP contribution in [0.3, 0.4) is 0 Å². The topological polar surface area (TPSA) is 87.6 Å². The molecule has 1 aliphatic rings. The predicted octanol–water partition coefficient (Wildman–Crippen LogP) is 1.28. The van der Waals surface area contributed by atoms with E-state index in [1.165, 1.54) is 19.0 Å². The molecule has 2 rings (SSSR count). The van der Waals surface area contributed by atoms with Gasteiger partial charge in [-0.25, -0.2) is 0 Å². The van der Waals surface area contributed by atoms with Gasteiger partial charge in [-0.2, -0.15) is 10.4 Å². The van der Waals surface area contributed by atoms with Crippen LogP contribution in [-0.2, 0) is 0 Å². The van der Waals surface area contributed by atoms with Crippen LogP contribution >= 0.6 is 0 Å². The molecule has 17 heavy (non-hydrogen) atoms. The molecule has 2 unspecified atom stereocenters. The molecule has 0 aromatic carbocycles. The fraction of sp³-hybridized carbons (Fsp3) is 0.583. The third-order valence-corrected chi connectivity index (χ3v) is 3.38. The van der Waals surface area contributed by atoms with Gasteiger partial charge in [0.05, 0.1) is 11.8 Å². The minimum Gasteiger partial charge on any atom is -0.364 e. The Morgan fingerprint density at radius 2 is 2.29 bits per heavy atom. The number of nitriles is 1. The molecule has 1 saturated carbocycles. The van der Waals surface area contributed by atoms with Crippen molar-refractivity contribution in [1.82, 2.24) is 10.2 Å². The van der Waals surface area contributed by atoms with Crippen molar-refractivity contribution in [2.45, 2.75) is 31.7 Å². The molecule has 0 spiro atoms. The second-order valence-electron chi connectivity index (χ2n) is 4.44. The number of aromatic nitrogens is 2. The maximum atomic E-state index is 8.99. The average molecular weight is 231 g/mol. The van der Waals surface area contributed by atoms with Crippen LogP contribution in [0.5, 0.6) is 0 Å². The molecule has 1 aromatic rings. The van der Waals surface area contributed by atoms with Crippen LogP contribution in [0, 0.1) is 17.2 Å². The van der Waals surface area contributed by atoms with Gasteiger partial charge < -0.3 is 11.1 Å². The summed E-state index contributed by atoms with van der Waals surface area (Å²) >= 11 is 0. The second-order valence-corrected chi connectivity index (χ2v) is 4.44. The molecule has 0 bridgehead atoms. The summed E-state index contributed by atoms with van der Waals surface area (Å²) in [6, 6.07) is 4.12. The van der Waals surface area contributed by atoms with Gasteiger partial charge in [-0.3, -0.25) is 0 Å². The maximum absolute atomic E-state index is 8.99. The first-order valence-corrected chi connectivity index (χ1v) is 6.03. The smallest absolute Gasteiger partial charge is 0.166 e. The van der Waals surface area contributed by atoms with Gasteiger partial charge in [-0.15, -0.1) is 5.10 Å². The van der Waals surface area contributed by atoms with Gasteiger partial charge in [0.25, 0.3) is 0 Å². The molecule has 90 valence electrons. The Morgan fingerprint density at radius 1 is 1.47 bits per heavy atom. The maximum Gasteiger partial charge on any atom is 0.166 e. The van der Waals surface area contributed by atoms with Crippen molar-refractivity contribution in [2.24, 2.45) is 11.7 Å². The first kappa shape index (κ1) is 11.8. The van der Waals surface area contributed by atoms with E-state index < -0.39 is 0 Å².